The van der Waals surface area contributed by atoms with Crippen molar-refractivity contribution in [1.82, 2.24) is 0 Å². The largest absolute Gasteiger partial charge is 0.552 e. The SMILES string of the molecule is CCCCC1=C(c2ccccc2)[P+](c2ccccc2)(c2ccccc2)C(C(Cl)(Cl)Cl)O[B-]1(CCCC)CCCC. The van der Waals surface area contributed by atoms with E-state index in [-0.39, 0.29) is 0 Å². The molecule has 1 heterocycles. The Morgan fingerprint density at radius 2 is 1.12 bits per heavy atom. The molecule has 0 aliphatic carbocycles. The lowest BCUT2D eigenvalue weighted by Gasteiger charge is -2.56. The molecule has 214 valence electrons. The van der Waals surface area contributed by atoms with Gasteiger partial charge in [-0.25, -0.2) is 0 Å². The standard InChI is InChI=1S/C34H43BCl3OP/c1-4-7-25-31-32(28-19-13-10-14-20-28)40(29-21-15-11-16-22-29,30-23-17-12-18-24-30)33(34(36,37)38)39-35(31,26-8-5-2)27-9-6-3/h10-24,33H,4-9,25-27H2,1-3H3. The van der Waals surface area contributed by atoms with E-state index in [0.29, 0.717) is 0 Å². The zero-order valence-electron chi connectivity index (χ0n) is 24.2. The first-order valence-electron chi connectivity index (χ1n) is 15.1. The number of benzene rings is 3. The lowest BCUT2D eigenvalue weighted by Crippen LogP contribution is -2.55. The van der Waals surface area contributed by atoms with Gasteiger partial charge in [0, 0.05) is 5.56 Å². The number of hydrogen-bond acceptors (Lipinski definition) is 1. The van der Waals surface area contributed by atoms with Gasteiger partial charge in [0.25, 0.3) is 0 Å². The summed E-state index contributed by atoms with van der Waals surface area (Å²) in [5.41, 5.74) is 2.72. The van der Waals surface area contributed by atoms with Crippen molar-refractivity contribution in [3.05, 3.63) is 102 Å². The van der Waals surface area contributed by atoms with Gasteiger partial charge in [0.15, 0.2) is 5.85 Å². The van der Waals surface area contributed by atoms with Crippen molar-refractivity contribution in [3.8, 4) is 0 Å². The zero-order chi connectivity index (χ0) is 28.6. The van der Waals surface area contributed by atoms with Crippen LogP contribution in [0.2, 0.25) is 12.6 Å². The Balaban J connectivity index is 2.25. The third-order valence-corrected chi connectivity index (χ3v) is 14.3. The molecule has 0 saturated heterocycles. The Hall–Kier alpha value is -1.28. The van der Waals surface area contributed by atoms with Crippen LogP contribution in [0.1, 0.15) is 71.3 Å². The molecule has 3 aromatic carbocycles. The van der Waals surface area contributed by atoms with Gasteiger partial charge >= 0.3 is 0 Å². The van der Waals surface area contributed by atoms with Crippen molar-refractivity contribution in [2.24, 2.45) is 0 Å². The minimum atomic E-state index is -2.62. The zero-order valence-corrected chi connectivity index (χ0v) is 27.3. The summed E-state index contributed by atoms with van der Waals surface area (Å²) in [6.45, 7) is 6.80. The molecule has 1 atom stereocenters. The normalized spacial score (nSPS) is 18.6. The molecule has 1 nitrogen and oxygen atoms in total. The second-order valence-electron chi connectivity index (χ2n) is 11.2. The van der Waals surface area contributed by atoms with E-state index in [9.17, 15) is 0 Å². The van der Waals surface area contributed by atoms with Gasteiger partial charge < -0.3 is 4.65 Å². The molecule has 40 heavy (non-hydrogen) atoms. The van der Waals surface area contributed by atoms with Crippen molar-refractivity contribution in [3.63, 3.8) is 0 Å². The third-order valence-electron chi connectivity index (χ3n) is 8.53. The number of hydrogen-bond donors (Lipinski definition) is 0. The van der Waals surface area contributed by atoms with E-state index in [1.54, 1.807) is 0 Å². The number of alkyl halides is 3. The van der Waals surface area contributed by atoms with Gasteiger partial charge in [0.05, 0.1) is 5.31 Å². The summed E-state index contributed by atoms with van der Waals surface area (Å²) >= 11 is 21.4. The highest BCUT2D eigenvalue weighted by Gasteiger charge is 2.65. The molecule has 0 saturated carbocycles. The molecule has 4 rings (SSSR count). The summed E-state index contributed by atoms with van der Waals surface area (Å²) in [5, 5.41) is 3.77. The van der Waals surface area contributed by atoms with Crippen LogP contribution < -0.4 is 10.6 Å². The number of rotatable bonds is 12. The predicted molar refractivity (Wildman–Crippen MR) is 182 cm³/mol. The molecule has 0 bridgehead atoms. The maximum Gasteiger partial charge on any atom is 0.248 e. The molecule has 0 amide bonds. The van der Waals surface area contributed by atoms with E-state index < -0.39 is 23.2 Å². The molecule has 0 fully saturated rings. The minimum absolute atomic E-state index is 0.607. The van der Waals surface area contributed by atoms with E-state index >= 15 is 0 Å². The van der Waals surface area contributed by atoms with Crippen LogP contribution >= 0.6 is 42.1 Å². The molecule has 6 heteroatoms. The van der Waals surface area contributed by atoms with Crippen molar-refractivity contribution in [2.45, 2.75) is 88.0 Å². The van der Waals surface area contributed by atoms with Gasteiger partial charge in [-0.3, -0.25) is 0 Å². The minimum Gasteiger partial charge on any atom is -0.552 e. The molecule has 0 aromatic heterocycles. The van der Waals surface area contributed by atoms with Crippen LogP contribution in [0, 0.1) is 0 Å². The van der Waals surface area contributed by atoms with E-state index in [2.05, 4.69) is 112 Å². The second kappa shape index (κ2) is 14.3. The Morgan fingerprint density at radius 1 is 0.675 bits per heavy atom. The van der Waals surface area contributed by atoms with Gasteiger partial charge in [-0.05, 0) is 24.3 Å². The van der Waals surface area contributed by atoms with Gasteiger partial charge in [0.1, 0.15) is 24.2 Å². The van der Waals surface area contributed by atoms with Gasteiger partial charge in [0.2, 0.25) is 3.79 Å². The molecule has 3 aromatic rings. The fraction of sp³-hybridized carbons (Fsp3) is 0.412. The van der Waals surface area contributed by atoms with Crippen LogP contribution in [-0.4, -0.2) is 16.0 Å². The Bertz CT molecular complexity index is 1180. The lowest BCUT2D eigenvalue weighted by atomic mass is 9.29. The molecule has 1 aliphatic rings. The van der Waals surface area contributed by atoms with Crippen LogP contribution in [0.3, 0.4) is 0 Å². The number of allylic oxidation sites excluding steroid dienone is 1. The Kier molecular flexibility index (Phi) is 11.3. The van der Waals surface area contributed by atoms with E-state index in [1.165, 1.54) is 27.0 Å². The first-order valence-corrected chi connectivity index (χ1v) is 18.1. The molecular formula is C34H43BCl3OP. The molecule has 1 aliphatic heterocycles. The van der Waals surface area contributed by atoms with Crippen molar-refractivity contribution >= 4 is 64.3 Å². The molecular weight excluding hydrogens is 573 g/mol. The summed E-state index contributed by atoms with van der Waals surface area (Å²) in [6, 6.07) is 32.4. The molecule has 0 radical (unpaired) electrons. The first kappa shape index (κ1) is 31.7. The topological polar surface area (TPSA) is 9.23 Å². The maximum atomic E-state index is 7.59. The number of halogens is 3. The molecule has 0 spiro atoms. The van der Waals surface area contributed by atoms with Crippen molar-refractivity contribution in [2.75, 3.05) is 0 Å². The Morgan fingerprint density at radius 3 is 1.55 bits per heavy atom. The fourth-order valence-electron chi connectivity index (χ4n) is 6.74. The van der Waals surface area contributed by atoms with Crippen LogP contribution in [0.5, 0.6) is 0 Å². The highest BCUT2D eigenvalue weighted by molar-refractivity contribution is 7.98. The summed E-state index contributed by atoms with van der Waals surface area (Å²) in [5.74, 6) is -0.607. The summed E-state index contributed by atoms with van der Waals surface area (Å²) in [7, 11) is -2.62. The molecule has 1 unspecified atom stereocenters. The summed E-state index contributed by atoms with van der Waals surface area (Å²) < 4.78 is 5.96. The fourth-order valence-corrected chi connectivity index (χ4v) is 13.3. The smallest absolute Gasteiger partial charge is 0.248 e. The van der Waals surface area contributed by atoms with E-state index in [1.807, 2.05) is 0 Å². The Labute approximate surface area is 257 Å². The van der Waals surface area contributed by atoms with Crippen LogP contribution in [0.25, 0.3) is 5.31 Å². The highest BCUT2D eigenvalue weighted by Crippen LogP contribution is 2.78. The van der Waals surface area contributed by atoms with Crippen LogP contribution in [-0.2, 0) is 4.65 Å². The first-order chi connectivity index (χ1) is 19.3. The summed E-state index contributed by atoms with van der Waals surface area (Å²) in [6.07, 6.45) is 8.23. The highest BCUT2D eigenvalue weighted by atomic mass is 35.6. The lowest BCUT2D eigenvalue weighted by molar-refractivity contribution is 0.267. The third kappa shape index (κ3) is 6.38. The quantitative estimate of drug-likeness (QED) is 0.112. The van der Waals surface area contributed by atoms with Gasteiger partial charge in [-0.1, -0.05) is 167 Å². The monoisotopic (exact) mass is 614 g/mol. The average molecular weight is 616 g/mol. The van der Waals surface area contributed by atoms with Crippen molar-refractivity contribution < 1.29 is 4.65 Å². The second-order valence-corrected chi connectivity index (χ2v) is 17.0. The molecule has 0 N–H and O–H groups in total. The van der Waals surface area contributed by atoms with Crippen LogP contribution in [0.4, 0.5) is 0 Å². The average Bonchev–Trinajstić information content (AvgIpc) is 2.98. The van der Waals surface area contributed by atoms with Crippen LogP contribution in [0.15, 0.2) is 96.5 Å². The van der Waals surface area contributed by atoms with Gasteiger partial charge in [-0.2, -0.15) is 5.47 Å². The van der Waals surface area contributed by atoms with E-state index in [4.69, 9.17) is 39.5 Å². The summed E-state index contributed by atoms with van der Waals surface area (Å²) in [4.78, 5) is 0. The number of unbranched alkanes of at least 4 members (excludes halogenated alkanes) is 3. The van der Waals surface area contributed by atoms with Gasteiger partial charge in [-0.15, -0.1) is 12.6 Å². The predicted octanol–water partition coefficient (Wildman–Crippen LogP) is 11.1. The van der Waals surface area contributed by atoms with E-state index in [0.717, 1.165) is 57.6 Å². The maximum absolute atomic E-state index is 7.59. The van der Waals surface area contributed by atoms with Crippen molar-refractivity contribution in [1.29, 1.82) is 0 Å².